The number of aliphatic hydroxyl groups is 1. The molecule has 31 heavy (non-hydrogen) atoms. The highest BCUT2D eigenvalue weighted by molar-refractivity contribution is 7.10. The number of rotatable bonds is 6. The van der Waals surface area contributed by atoms with Gasteiger partial charge in [0, 0.05) is 22.5 Å². The highest BCUT2D eigenvalue weighted by Gasteiger charge is 2.46. The number of ketones is 1. The number of Topliss-reactive ketones (excluding diaryl/α,β-unsaturated/α-hetero) is 1. The van der Waals surface area contributed by atoms with E-state index >= 15 is 0 Å². The van der Waals surface area contributed by atoms with Gasteiger partial charge in [-0.3, -0.25) is 9.59 Å². The number of hydrogen-bond donors (Lipinski definition) is 1. The fourth-order valence-corrected chi connectivity index (χ4v) is 5.02. The van der Waals surface area contributed by atoms with E-state index in [0.717, 1.165) is 34.6 Å². The fourth-order valence-electron chi connectivity index (χ4n) is 3.97. The van der Waals surface area contributed by atoms with E-state index in [9.17, 15) is 14.7 Å². The van der Waals surface area contributed by atoms with E-state index in [0.29, 0.717) is 12.1 Å². The number of nitrogens with zero attached hydrogens (tertiary/aromatic N) is 1. The van der Waals surface area contributed by atoms with Crippen LogP contribution >= 0.6 is 11.3 Å². The van der Waals surface area contributed by atoms with Gasteiger partial charge in [0.1, 0.15) is 11.5 Å². The molecule has 166 valence electrons. The number of carbonyl (C=O) groups excluding carboxylic acids is 2. The highest BCUT2D eigenvalue weighted by Crippen LogP contribution is 2.43. The normalized spacial score (nSPS) is 18.6. The lowest BCUT2D eigenvalue weighted by atomic mass is 9.84. The molecule has 0 aliphatic carbocycles. The molecule has 1 aromatic carbocycles. The summed E-state index contributed by atoms with van der Waals surface area (Å²) in [4.78, 5) is 28.5. The van der Waals surface area contributed by atoms with Crippen molar-refractivity contribution in [2.45, 2.75) is 58.9 Å². The Kier molecular flexibility index (Phi) is 6.60. The minimum Gasteiger partial charge on any atom is -0.507 e. The van der Waals surface area contributed by atoms with Crippen molar-refractivity contribution in [1.29, 1.82) is 0 Å². The second kappa shape index (κ2) is 8.87. The van der Waals surface area contributed by atoms with Crippen molar-refractivity contribution in [3.05, 3.63) is 56.8 Å². The third-order valence-electron chi connectivity index (χ3n) is 5.72. The summed E-state index contributed by atoms with van der Waals surface area (Å²) in [5.74, 6) is -0.585. The van der Waals surface area contributed by atoms with E-state index in [1.165, 1.54) is 11.3 Å². The van der Waals surface area contributed by atoms with E-state index in [1.807, 2.05) is 31.4 Å². The smallest absolute Gasteiger partial charge is 0.295 e. The monoisotopic (exact) mass is 441 g/mol. The first-order valence-electron chi connectivity index (χ1n) is 10.6. The van der Waals surface area contributed by atoms with Gasteiger partial charge in [0.15, 0.2) is 0 Å². The van der Waals surface area contributed by atoms with Crippen LogP contribution in [0.2, 0.25) is 0 Å². The van der Waals surface area contributed by atoms with E-state index in [2.05, 4.69) is 20.8 Å². The van der Waals surface area contributed by atoms with Gasteiger partial charge in [0.25, 0.3) is 11.7 Å². The number of aliphatic hydroxyl groups excluding tert-OH is 1. The average Bonchev–Trinajstić information content (AvgIpc) is 3.25. The van der Waals surface area contributed by atoms with Crippen molar-refractivity contribution in [2.24, 2.45) is 0 Å². The number of amides is 1. The standard InChI is InChI=1S/C25H31NO4S/c1-7-8-12-26-20(23-15(2)11-13-31-23)19(22(28)24(26)29)21(27)16-9-10-18(30-6)17(14-16)25(3,4)5/h9-11,13-14,20,27H,7-8,12H2,1-6H3/b21-19-. The van der Waals surface area contributed by atoms with Crippen LogP contribution in [0.5, 0.6) is 5.75 Å². The quantitative estimate of drug-likeness (QED) is 0.361. The number of unbranched alkanes of at least 4 members (excludes halogenated alkanes) is 1. The molecule has 0 spiro atoms. The molecule has 1 unspecified atom stereocenters. The summed E-state index contributed by atoms with van der Waals surface area (Å²) in [6.45, 7) is 10.7. The molecular weight excluding hydrogens is 410 g/mol. The number of carbonyl (C=O) groups is 2. The van der Waals surface area contributed by atoms with Gasteiger partial charge in [0.05, 0.1) is 18.7 Å². The average molecular weight is 442 g/mol. The lowest BCUT2D eigenvalue weighted by Crippen LogP contribution is -2.30. The predicted octanol–water partition coefficient (Wildman–Crippen LogP) is 5.58. The third kappa shape index (κ3) is 4.26. The van der Waals surface area contributed by atoms with E-state index in [-0.39, 0.29) is 16.7 Å². The fraction of sp³-hybridized carbons (Fsp3) is 0.440. The molecule has 3 rings (SSSR count). The van der Waals surface area contributed by atoms with E-state index < -0.39 is 17.7 Å². The summed E-state index contributed by atoms with van der Waals surface area (Å²) in [5.41, 5.74) is 2.38. The number of thiophene rings is 1. The molecule has 0 bridgehead atoms. The summed E-state index contributed by atoms with van der Waals surface area (Å²) >= 11 is 1.51. The molecule has 1 saturated heterocycles. The molecule has 1 aliphatic rings. The van der Waals surface area contributed by atoms with Crippen LogP contribution in [0.3, 0.4) is 0 Å². The van der Waals surface area contributed by atoms with Gasteiger partial charge < -0.3 is 14.7 Å². The Balaban J connectivity index is 2.21. The Bertz CT molecular complexity index is 1030. The molecule has 2 heterocycles. The first kappa shape index (κ1) is 23.1. The molecular formula is C25H31NO4S. The van der Waals surface area contributed by atoms with Crippen molar-refractivity contribution in [3.8, 4) is 5.75 Å². The summed E-state index contributed by atoms with van der Waals surface area (Å²) < 4.78 is 5.50. The van der Waals surface area contributed by atoms with Crippen LogP contribution in [0.4, 0.5) is 0 Å². The van der Waals surface area contributed by atoms with E-state index in [1.54, 1.807) is 24.1 Å². The zero-order valence-corrected chi connectivity index (χ0v) is 19.9. The third-order valence-corrected chi connectivity index (χ3v) is 6.79. The maximum atomic E-state index is 13.1. The van der Waals surface area contributed by atoms with Gasteiger partial charge in [-0.1, -0.05) is 34.1 Å². The van der Waals surface area contributed by atoms with Crippen LogP contribution in [0.15, 0.2) is 35.2 Å². The van der Waals surface area contributed by atoms with Crippen LogP contribution in [0.1, 0.15) is 68.1 Å². The molecule has 2 aromatic rings. The summed E-state index contributed by atoms with van der Waals surface area (Å²) in [5, 5.41) is 13.3. The van der Waals surface area contributed by atoms with Crippen LogP contribution in [-0.4, -0.2) is 35.4 Å². The minimum atomic E-state index is -0.625. The van der Waals surface area contributed by atoms with Crippen molar-refractivity contribution in [1.82, 2.24) is 4.90 Å². The molecule has 1 aliphatic heterocycles. The second-order valence-electron chi connectivity index (χ2n) is 8.98. The van der Waals surface area contributed by atoms with Crippen molar-refractivity contribution in [2.75, 3.05) is 13.7 Å². The lowest BCUT2D eigenvalue weighted by molar-refractivity contribution is -0.139. The number of methoxy groups -OCH3 is 1. The maximum absolute atomic E-state index is 13.1. The zero-order chi connectivity index (χ0) is 22.9. The Labute approximate surface area is 188 Å². The highest BCUT2D eigenvalue weighted by atomic mass is 32.1. The Morgan fingerprint density at radius 2 is 1.94 bits per heavy atom. The van der Waals surface area contributed by atoms with Gasteiger partial charge in [0.2, 0.25) is 0 Å². The number of aryl methyl sites for hydroxylation is 1. The summed E-state index contributed by atoms with van der Waals surface area (Å²) in [6.07, 6.45) is 1.71. The first-order valence-corrected chi connectivity index (χ1v) is 11.5. The Hall–Kier alpha value is -2.60. The van der Waals surface area contributed by atoms with Crippen LogP contribution in [0.25, 0.3) is 5.76 Å². The SMILES string of the molecule is CCCCN1C(=O)C(=O)/C(=C(\O)c2ccc(OC)c(C(C)(C)C)c2)C1c1sccc1C. The Morgan fingerprint density at radius 1 is 1.23 bits per heavy atom. The van der Waals surface area contributed by atoms with Crippen molar-refractivity contribution in [3.63, 3.8) is 0 Å². The molecule has 6 heteroatoms. The molecule has 1 atom stereocenters. The van der Waals surface area contributed by atoms with Gasteiger partial charge >= 0.3 is 0 Å². The molecule has 0 saturated carbocycles. The molecule has 1 aromatic heterocycles. The molecule has 5 nitrogen and oxygen atoms in total. The Morgan fingerprint density at radius 3 is 2.48 bits per heavy atom. The summed E-state index contributed by atoms with van der Waals surface area (Å²) in [6, 6.07) is 6.80. The number of ether oxygens (including phenoxy) is 1. The van der Waals surface area contributed by atoms with Gasteiger partial charge in [-0.2, -0.15) is 0 Å². The molecule has 1 N–H and O–H groups in total. The van der Waals surface area contributed by atoms with Gasteiger partial charge in [-0.05, 0) is 54.0 Å². The lowest BCUT2D eigenvalue weighted by Gasteiger charge is -2.25. The predicted molar refractivity (Wildman–Crippen MR) is 125 cm³/mol. The summed E-state index contributed by atoms with van der Waals surface area (Å²) in [7, 11) is 1.61. The zero-order valence-electron chi connectivity index (χ0n) is 19.1. The van der Waals surface area contributed by atoms with Crippen molar-refractivity contribution < 1.29 is 19.4 Å². The maximum Gasteiger partial charge on any atom is 0.295 e. The molecule has 0 radical (unpaired) electrons. The van der Waals surface area contributed by atoms with Crippen LogP contribution in [0, 0.1) is 6.92 Å². The first-order chi connectivity index (χ1) is 14.6. The van der Waals surface area contributed by atoms with Crippen LogP contribution in [-0.2, 0) is 15.0 Å². The van der Waals surface area contributed by atoms with Gasteiger partial charge in [-0.25, -0.2) is 0 Å². The van der Waals surface area contributed by atoms with E-state index in [4.69, 9.17) is 4.74 Å². The molecule has 1 fully saturated rings. The second-order valence-corrected chi connectivity index (χ2v) is 9.93. The number of hydrogen-bond acceptors (Lipinski definition) is 5. The largest absolute Gasteiger partial charge is 0.507 e. The van der Waals surface area contributed by atoms with Crippen LogP contribution < -0.4 is 4.74 Å². The van der Waals surface area contributed by atoms with Gasteiger partial charge in [-0.15, -0.1) is 11.3 Å². The number of likely N-dealkylation sites (tertiary alicyclic amines) is 1. The molecule has 1 amide bonds. The minimum absolute atomic E-state index is 0.136. The van der Waals surface area contributed by atoms with Crippen molar-refractivity contribution >= 4 is 28.8 Å². The topological polar surface area (TPSA) is 66.8 Å². The number of benzene rings is 1.